The van der Waals surface area contributed by atoms with E-state index >= 15 is 0 Å². The fourth-order valence-electron chi connectivity index (χ4n) is 4.13. The van der Waals surface area contributed by atoms with Gasteiger partial charge in [-0.2, -0.15) is 0 Å². The van der Waals surface area contributed by atoms with Crippen molar-refractivity contribution in [2.45, 2.75) is 45.4 Å². The molecule has 7 heteroatoms. The first kappa shape index (κ1) is 23.3. The number of aliphatic carboxylic acids is 1. The average Bonchev–Trinajstić information content (AvgIpc) is 3.61. The molecule has 0 radical (unpaired) electrons. The maximum absolute atomic E-state index is 12.8. The van der Waals surface area contributed by atoms with Gasteiger partial charge in [0.05, 0.1) is 5.56 Å². The topological polar surface area (TPSA) is 104 Å². The second-order valence-electron chi connectivity index (χ2n) is 8.99. The molecular formula is C27H27NO6. The second kappa shape index (κ2) is 9.55. The lowest BCUT2D eigenvalue weighted by atomic mass is 9.96. The van der Waals surface area contributed by atoms with Crippen LogP contribution in [-0.4, -0.2) is 45.3 Å². The molecule has 1 saturated carbocycles. The van der Waals surface area contributed by atoms with Crippen molar-refractivity contribution in [3.8, 4) is 11.1 Å². The van der Waals surface area contributed by atoms with E-state index in [2.05, 4.69) is 0 Å². The van der Waals surface area contributed by atoms with Gasteiger partial charge in [0.2, 0.25) is 0 Å². The minimum atomic E-state index is -1.06. The summed E-state index contributed by atoms with van der Waals surface area (Å²) >= 11 is 0. The third-order valence-corrected chi connectivity index (χ3v) is 5.97. The number of carboxylic acid groups (broad SMARTS) is 2. The number of aromatic carboxylic acids is 1. The highest BCUT2D eigenvalue weighted by Crippen LogP contribution is 2.29. The molecule has 3 aromatic rings. The molecular weight excluding hydrogens is 434 g/mol. The maximum Gasteiger partial charge on any atom is 0.411 e. The molecule has 1 amide bonds. The van der Waals surface area contributed by atoms with Gasteiger partial charge in [-0.15, -0.1) is 0 Å². The van der Waals surface area contributed by atoms with Crippen LogP contribution in [0.4, 0.5) is 4.79 Å². The quantitative estimate of drug-likeness (QED) is 0.464. The zero-order valence-electron chi connectivity index (χ0n) is 19.1. The van der Waals surface area contributed by atoms with Crippen LogP contribution in [-0.2, 0) is 16.1 Å². The monoisotopic (exact) mass is 461 g/mol. The van der Waals surface area contributed by atoms with Gasteiger partial charge in [-0.1, -0.05) is 56.3 Å². The van der Waals surface area contributed by atoms with E-state index in [1.807, 2.05) is 36.4 Å². The van der Waals surface area contributed by atoms with E-state index in [0.717, 1.165) is 34.7 Å². The molecule has 2 N–H and O–H groups in total. The first-order chi connectivity index (χ1) is 16.2. The van der Waals surface area contributed by atoms with Gasteiger partial charge in [0.25, 0.3) is 0 Å². The normalized spacial score (nSPS) is 14.1. The summed E-state index contributed by atoms with van der Waals surface area (Å²) in [5.41, 5.74) is 2.44. The molecule has 3 aromatic carbocycles. The summed E-state index contributed by atoms with van der Waals surface area (Å²) in [5, 5.41) is 21.1. The van der Waals surface area contributed by atoms with E-state index in [0.29, 0.717) is 5.56 Å². The predicted molar refractivity (Wildman–Crippen MR) is 128 cm³/mol. The molecule has 1 atom stereocenters. The summed E-state index contributed by atoms with van der Waals surface area (Å²) in [5.74, 6) is -2.34. The van der Waals surface area contributed by atoms with Crippen LogP contribution in [0, 0.1) is 5.92 Å². The molecule has 0 heterocycles. The lowest BCUT2D eigenvalue weighted by molar-refractivity contribution is -0.144. The summed E-state index contributed by atoms with van der Waals surface area (Å²) in [7, 11) is 0. The zero-order chi connectivity index (χ0) is 24.4. The van der Waals surface area contributed by atoms with Crippen molar-refractivity contribution in [3.05, 3.63) is 71.8 Å². The van der Waals surface area contributed by atoms with Crippen molar-refractivity contribution < 1.29 is 29.3 Å². The molecule has 1 aliphatic carbocycles. The number of carbonyl (C=O) groups is 3. The Hall–Kier alpha value is -3.87. The lowest BCUT2D eigenvalue weighted by Gasteiger charge is -2.31. The molecule has 1 fully saturated rings. The number of fused-ring (bicyclic) bond motifs is 1. The highest BCUT2D eigenvalue weighted by molar-refractivity contribution is 5.98. The number of rotatable bonds is 8. The van der Waals surface area contributed by atoms with Crippen LogP contribution in [0.2, 0.25) is 0 Å². The molecule has 0 bridgehead atoms. The Labute approximate surface area is 197 Å². The number of amides is 1. The molecule has 0 spiro atoms. The molecule has 4 rings (SSSR count). The summed E-state index contributed by atoms with van der Waals surface area (Å²) in [6.45, 7) is 3.65. The smallest absolute Gasteiger partial charge is 0.411 e. The first-order valence-corrected chi connectivity index (χ1v) is 11.3. The van der Waals surface area contributed by atoms with Crippen molar-refractivity contribution in [2.75, 3.05) is 0 Å². The van der Waals surface area contributed by atoms with Crippen LogP contribution in [0.15, 0.2) is 60.7 Å². The zero-order valence-corrected chi connectivity index (χ0v) is 19.1. The molecule has 0 aliphatic heterocycles. The Morgan fingerprint density at radius 3 is 2.29 bits per heavy atom. The number of benzene rings is 3. The van der Waals surface area contributed by atoms with E-state index in [4.69, 9.17) is 4.74 Å². The second-order valence-corrected chi connectivity index (χ2v) is 8.99. The molecule has 0 saturated heterocycles. The lowest BCUT2D eigenvalue weighted by Crippen LogP contribution is -2.48. The van der Waals surface area contributed by atoms with Crippen molar-refractivity contribution in [1.29, 1.82) is 0 Å². The maximum atomic E-state index is 12.8. The van der Waals surface area contributed by atoms with Gasteiger partial charge >= 0.3 is 18.0 Å². The van der Waals surface area contributed by atoms with Gasteiger partial charge in [-0.05, 0) is 64.4 Å². The van der Waals surface area contributed by atoms with Crippen LogP contribution < -0.4 is 0 Å². The number of carbonyl (C=O) groups excluding carboxylic acids is 1. The number of nitrogens with zero attached hydrogens (tertiary/aromatic N) is 1. The first-order valence-electron chi connectivity index (χ1n) is 11.3. The van der Waals surface area contributed by atoms with Gasteiger partial charge < -0.3 is 14.9 Å². The van der Waals surface area contributed by atoms with Crippen molar-refractivity contribution >= 4 is 28.8 Å². The summed E-state index contributed by atoms with van der Waals surface area (Å²) in [4.78, 5) is 37.6. The fraction of sp³-hybridized carbons (Fsp3) is 0.296. The van der Waals surface area contributed by atoms with Crippen LogP contribution in [0.5, 0.6) is 0 Å². The fourth-order valence-corrected chi connectivity index (χ4v) is 4.13. The van der Waals surface area contributed by atoms with Crippen molar-refractivity contribution in [3.63, 3.8) is 0 Å². The Balaban J connectivity index is 1.64. The Morgan fingerprint density at radius 1 is 0.971 bits per heavy atom. The Bertz CT molecular complexity index is 1250. The minimum absolute atomic E-state index is 0.111. The van der Waals surface area contributed by atoms with E-state index in [-0.39, 0.29) is 24.1 Å². The molecule has 34 heavy (non-hydrogen) atoms. The highest BCUT2D eigenvalue weighted by Gasteiger charge is 2.36. The third kappa shape index (κ3) is 5.03. The summed E-state index contributed by atoms with van der Waals surface area (Å²) in [6.07, 6.45) is 0.884. The van der Waals surface area contributed by atoms with Gasteiger partial charge in [0, 0.05) is 6.54 Å². The van der Waals surface area contributed by atoms with Crippen molar-refractivity contribution in [1.82, 2.24) is 4.90 Å². The van der Waals surface area contributed by atoms with E-state index in [9.17, 15) is 24.6 Å². The van der Waals surface area contributed by atoms with Crippen LogP contribution in [0.25, 0.3) is 21.9 Å². The van der Waals surface area contributed by atoms with E-state index in [1.54, 1.807) is 38.1 Å². The summed E-state index contributed by atoms with van der Waals surface area (Å²) < 4.78 is 5.44. The molecule has 0 unspecified atom stereocenters. The Morgan fingerprint density at radius 2 is 1.65 bits per heavy atom. The van der Waals surface area contributed by atoms with Gasteiger partial charge in [0.1, 0.15) is 12.1 Å². The largest absolute Gasteiger partial charge is 0.480 e. The van der Waals surface area contributed by atoms with Gasteiger partial charge in [0.15, 0.2) is 0 Å². The molecule has 0 aromatic heterocycles. The SMILES string of the molecule is CC(C)[C@@H](C(=O)O)N(Cc1ccc2cc(-c3ccccc3C(=O)O)ccc2c1)C(=O)OC1CC1. The minimum Gasteiger partial charge on any atom is -0.480 e. The van der Waals surface area contributed by atoms with Gasteiger partial charge in [-0.3, -0.25) is 4.90 Å². The number of hydrogen-bond acceptors (Lipinski definition) is 4. The predicted octanol–water partition coefficient (Wildman–Crippen LogP) is 5.42. The molecule has 7 nitrogen and oxygen atoms in total. The van der Waals surface area contributed by atoms with Crippen LogP contribution in [0.3, 0.4) is 0 Å². The Kier molecular flexibility index (Phi) is 6.54. The average molecular weight is 462 g/mol. The van der Waals surface area contributed by atoms with Gasteiger partial charge in [-0.25, -0.2) is 14.4 Å². The number of hydrogen-bond donors (Lipinski definition) is 2. The summed E-state index contributed by atoms with van der Waals surface area (Å²) in [6, 6.07) is 17.2. The third-order valence-electron chi connectivity index (χ3n) is 5.97. The number of carboxylic acids is 2. The molecule has 176 valence electrons. The molecule has 1 aliphatic rings. The van der Waals surface area contributed by atoms with Crippen molar-refractivity contribution in [2.24, 2.45) is 5.92 Å². The highest BCUT2D eigenvalue weighted by atomic mass is 16.6. The van der Waals surface area contributed by atoms with E-state index in [1.165, 1.54) is 4.90 Å². The van der Waals surface area contributed by atoms with Crippen LogP contribution >= 0.6 is 0 Å². The van der Waals surface area contributed by atoms with Crippen LogP contribution in [0.1, 0.15) is 42.6 Å². The standard InChI is InChI=1S/C27H27NO6/c1-16(2)24(26(31)32)28(27(33)34-21-11-12-21)15-17-7-8-19-14-20(10-9-18(19)13-17)22-5-3-4-6-23(22)25(29)30/h3-10,13-14,16,21,24H,11-12,15H2,1-2H3,(H,29,30)(H,31,32)/t24-/m0/s1. The van der Waals surface area contributed by atoms with E-state index < -0.39 is 24.1 Å². The number of ether oxygens (including phenoxy) is 1.